The van der Waals surface area contributed by atoms with E-state index in [9.17, 15) is 14.4 Å². The number of hydrogen-bond donors (Lipinski definition) is 1. The second-order valence-electron chi connectivity index (χ2n) is 6.47. The van der Waals surface area contributed by atoms with Crippen LogP contribution in [0.25, 0.3) is 0 Å². The summed E-state index contributed by atoms with van der Waals surface area (Å²) in [7, 11) is 0. The van der Waals surface area contributed by atoms with Crippen LogP contribution in [0.2, 0.25) is 0 Å². The number of amides is 2. The average Bonchev–Trinajstić information content (AvgIpc) is 2.59. The van der Waals surface area contributed by atoms with Gasteiger partial charge in [0.05, 0.1) is 5.41 Å². The van der Waals surface area contributed by atoms with Crippen LogP contribution >= 0.6 is 0 Å². The zero-order valence-corrected chi connectivity index (χ0v) is 14.2. The molecule has 0 aromatic heterocycles. The summed E-state index contributed by atoms with van der Waals surface area (Å²) in [4.78, 5) is 39.5. The summed E-state index contributed by atoms with van der Waals surface area (Å²) in [6.45, 7) is 4.55. The highest BCUT2D eigenvalue weighted by molar-refractivity contribution is 5.95. The first-order valence-electron chi connectivity index (χ1n) is 8.23. The molecule has 1 aromatic rings. The predicted molar refractivity (Wildman–Crippen MR) is 89.6 cm³/mol. The van der Waals surface area contributed by atoms with Gasteiger partial charge in [0.1, 0.15) is 6.54 Å². The predicted octanol–water partition coefficient (Wildman–Crippen LogP) is 1.86. The third-order valence-electron chi connectivity index (χ3n) is 4.52. The van der Waals surface area contributed by atoms with Crippen LogP contribution in [0.15, 0.2) is 30.3 Å². The van der Waals surface area contributed by atoms with Crippen molar-refractivity contribution < 1.29 is 19.5 Å². The van der Waals surface area contributed by atoms with E-state index in [1.807, 2.05) is 25.1 Å². The van der Waals surface area contributed by atoms with Gasteiger partial charge in [0.25, 0.3) is 5.91 Å². The van der Waals surface area contributed by atoms with E-state index in [0.717, 1.165) is 6.42 Å². The molecular formula is C18H24N2O4. The van der Waals surface area contributed by atoms with Gasteiger partial charge in [-0.2, -0.15) is 0 Å². The van der Waals surface area contributed by atoms with Crippen LogP contribution in [0.4, 0.5) is 0 Å². The van der Waals surface area contributed by atoms with Crippen molar-refractivity contribution in [3.05, 3.63) is 35.9 Å². The molecule has 1 atom stereocenters. The van der Waals surface area contributed by atoms with Crippen LogP contribution in [0.3, 0.4) is 0 Å². The van der Waals surface area contributed by atoms with E-state index >= 15 is 0 Å². The molecule has 0 aliphatic carbocycles. The van der Waals surface area contributed by atoms with E-state index in [2.05, 4.69) is 0 Å². The Kier molecular flexibility index (Phi) is 5.59. The fraction of sp³-hybridized carbons (Fsp3) is 0.500. The van der Waals surface area contributed by atoms with Crippen LogP contribution in [-0.2, 0) is 9.59 Å². The fourth-order valence-corrected chi connectivity index (χ4v) is 3.22. The van der Waals surface area contributed by atoms with Gasteiger partial charge in [-0.25, -0.2) is 0 Å². The summed E-state index contributed by atoms with van der Waals surface area (Å²) in [6.07, 6.45) is 1.38. The third kappa shape index (κ3) is 3.93. The summed E-state index contributed by atoms with van der Waals surface area (Å²) in [5.74, 6) is -1.31. The molecule has 2 rings (SSSR count). The van der Waals surface area contributed by atoms with Crippen molar-refractivity contribution >= 4 is 17.8 Å². The number of likely N-dealkylation sites (tertiary alicyclic amines) is 1. The molecule has 1 heterocycles. The number of carboxylic acids is 1. The summed E-state index contributed by atoms with van der Waals surface area (Å²) >= 11 is 0. The molecule has 2 amide bonds. The van der Waals surface area contributed by atoms with Crippen molar-refractivity contribution in [2.45, 2.75) is 26.7 Å². The second kappa shape index (κ2) is 7.47. The van der Waals surface area contributed by atoms with Gasteiger partial charge in [-0.05, 0) is 38.8 Å². The summed E-state index contributed by atoms with van der Waals surface area (Å²) in [5, 5.41) is 8.98. The van der Waals surface area contributed by atoms with Crippen molar-refractivity contribution in [1.29, 1.82) is 0 Å². The molecule has 0 radical (unpaired) electrons. The van der Waals surface area contributed by atoms with E-state index < -0.39 is 11.4 Å². The van der Waals surface area contributed by atoms with E-state index in [1.165, 1.54) is 4.90 Å². The lowest BCUT2D eigenvalue weighted by molar-refractivity contribution is -0.150. The third-order valence-corrected chi connectivity index (χ3v) is 4.52. The molecule has 0 spiro atoms. The quantitative estimate of drug-likeness (QED) is 0.893. The highest BCUT2D eigenvalue weighted by atomic mass is 16.4. The zero-order chi connectivity index (χ0) is 17.7. The van der Waals surface area contributed by atoms with Crippen molar-refractivity contribution in [2.75, 3.05) is 26.2 Å². The smallest absolute Gasteiger partial charge is 0.323 e. The molecule has 130 valence electrons. The first-order valence-corrected chi connectivity index (χ1v) is 8.23. The number of aliphatic carboxylic acids is 1. The number of nitrogens with zero attached hydrogens (tertiary/aromatic N) is 2. The maximum Gasteiger partial charge on any atom is 0.323 e. The Morgan fingerprint density at radius 1 is 1.25 bits per heavy atom. The van der Waals surface area contributed by atoms with Crippen LogP contribution in [0, 0.1) is 5.41 Å². The lowest BCUT2D eigenvalue weighted by atomic mass is 9.80. The van der Waals surface area contributed by atoms with Gasteiger partial charge in [-0.15, -0.1) is 0 Å². The van der Waals surface area contributed by atoms with Gasteiger partial charge in [0, 0.05) is 25.2 Å². The summed E-state index contributed by atoms with van der Waals surface area (Å²) in [5.41, 5.74) is -0.138. The van der Waals surface area contributed by atoms with E-state index in [4.69, 9.17) is 5.11 Å². The average molecular weight is 332 g/mol. The molecule has 1 N–H and O–H groups in total. The van der Waals surface area contributed by atoms with E-state index in [0.29, 0.717) is 31.6 Å². The second-order valence-corrected chi connectivity index (χ2v) is 6.47. The number of hydrogen-bond acceptors (Lipinski definition) is 3. The lowest BCUT2D eigenvalue weighted by Crippen LogP contribution is -2.53. The molecular weight excluding hydrogens is 308 g/mol. The van der Waals surface area contributed by atoms with Crippen LogP contribution in [-0.4, -0.2) is 58.9 Å². The molecule has 24 heavy (non-hydrogen) atoms. The minimum atomic E-state index is -1.03. The normalized spacial score (nSPS) is 20.5. The topological polar surface area (TPSA) is 77.9 Å². The van der Waals surface area contributed by atoms with Crippen LogP contribution < -0.4 is 0 Å². The molecule has 1 saturated heterocycles. The number of rotatable bonds is 5. The molecule has 1 unspecified atom stereocenters. The molecule has 0 bridgehead atoms. The Morgan fingerprint density at radius 2 is 1.92 bits per heavy atom. The molecule has 1 aromatic carbocycles. The first kappa shape index (κ1) is 18.0. The molecule has 1 aliphatic heterocycles. The van der Waals surface area contributed by atoms with Crippen LogP contribution in [0.1, 0.15) is 37.0 Å². The number of carbonyl (C=O) groups excluding carboxylic acids is 2. The molecule has 1 fully saturated rings. The Morgan fingerprint density at radius 3 is 2.50 bits per heavy atom. The standard InChI is InChI=1S/C18H24N2O4/c1-3-19(12-15(21)22)17(24)18(2)10-7-11-20(13-18)16(23)14-8-5-4-6-9-14/h4-6,8-9H,3,7,10-13H2,1-2H3,(H,21,22). The fourth-order valence-electron chi connectivity index (χ4n) is 3.22. The molecule has 1 aliphatic rings. The van der Waals surface area contributed by atoms with Gasteiger partial charge in [0.2, 0.25) is 5.91 Å². The Labute approximate surface area is 142 Å². The van der Waals surface area contributed by atoms with Gasteiger partial charge >= 0.3 is 5.97 Å². The highest BCUT2D eigenvalue weighted by Gasteiger charge is 2.41. The minimum Gasteiger partial charge on any atom is -0.480 e. The maximum atomic E-state index is 12.8. The SMILES string of the molecule is CCN(CC(=O)O)C(=O)C1(C)CCCN(C(=O)c2ccccc2)C1. The Balaban J connectivity index is 2.14. The Hall–Kier alpha value is -2.37. The van der Waals surface area contributed by atoms with Gasteiger partial charge in [-0.3, -0.25) is 14.4 Å². The van der Waals surface area contributed by atoms with Gasteiger partial charge in [-0.1, -0.05) is 18.2 Å². The first-order chi connectivity index (χ1) is 11.4. The minimum absolute atomic E-state index is 0.0874. The summed E-state index contributed by atoms with van der Waals surface area (Å²) < 4.78 is 0. The van der Waals surface area contributed by atoms with E-state index in [1.54, 1.807) is 24.0 Å². The van der Waals surface area contributed by atoms with Gasteiger partial charge < -0.3 is 14.9 Å². The Bertz CT molecular complexity index is 617. The monoisotopic (exact) mass is 332 g/mol. The maximum absolute atomic E-state index is 12.8. The zero-order valence-electron chi connectivity index (χ0n) is 14.2. The number of carbonyl (C=O) groups is 3. The van der Waals surface area contributed by atoms with Crippen molar-refractivity contribution in [2.24, 2.45) is 5.41 Å². The van der Waals surface area contributed by atoms with Crippen molar-refractivity contribution in [3.8, 4) is 0 Å². The van der Waals surface area contributed by atoms with Gasteiger partial charge in [0.15, 0.2) is 0 Å². The lowest BCUT2D eigenvalue weighted by Gasteiger charge is -2.41. The molecule has 6 heteroatoms. The van der Waals surface area contributed by atoms with E-state index in [-0.39, 0.29) is 18.4 Å². The number of carboxylic acid groups (broad SMARTS) is 1. The molecule has 0 saturated carbocycles. The number of benzene rings is 1. The van der Waals surface area contributed by atoms with Crippen molar-refractivity contribution in [1.82, 2.24) is 9.80 Å². The number of piperidine rings is 1. The molecule has 6 nitrogen and oxygen atoms in total. The highest BCUT2D eigenvalue weighted by Crippen LogP contribution is 2.32. The van der Waals surface area contributed by atoms with Crippen LogP contribution in [0.5, 0.6) is 0 Å². The van der Waals surface area contributed by atoms with Crippen molar-refractivity contribution in [3.63, 3.8) is 0 Å². The summed E-state index contributed by atoms with van der Waals surface area (Å²) in [6, 6.07) is 9.00. The number of likely N-dealkylation sites (N-methyl/N-ethyl adjacent to an activating group) is 1. The largest absolute Gasteiger partial charge is 0.480 e.